The van der Waals surface area contributed by atoms with Gasteiger partial charge in [-0.2, -0.15) is 0 Å². The Bertz CT molecular complexity index is 1840. The van der Waals surface area contributed by atoms with E-state index in [9.17, 15) is 34.5 Å². The predicted molar refractivity (Wildman–Crippen MR) is 349 cm³/mol. The van der Waals surface area contributed by atoms with E-state index in [0.29, 0.717) is 19.3 Å². The minimum Gasteiger partial charge on any atom is -0.479 e. The van der Waals surface area contributed by atoms with Crippen molar-refractivity contribution in [3.05, 3.63) is 97.2 Å². The van der Waals surface area contributed by atoms with E-state index >= 15 is 0 Å². The van der Waals surface area contributed by atoms with Gasteiger partial charge in [0.05, 0.1) is 6.61 Å². The molecule has 0 aromatic rings. The number of hydrogen-bond donors (Lipinski definition) is 3. The molecule has 0 spiro atoms. The van der Waals surface area contributed by atoms with Crippen LogP contribution in [0, 0.1) is 0 Å². The van der Waals surface area contributed by atoms with Crippen LogP contribution in [0.25, 0.3) is 0 Å². The number of hydrogen-bond acceptors (Lipinski definition) is 11. The molecule has 0 bridgehead atoms. The highest BCUT2D eigenvalue weighted by atomic mass is 16.7. The lowest BCUT2D eigenvalue weighted by Crippen LogP contribution is -2.61. The van der Waals surface area contributed by atoms with E-state index in [2.05, 4.69) is 118 Å². The number of carbonyl (C=O) groups excluding carboxylic acids is 3. The van der Waals surface area contributed by atoms with Crippen LogP contribution in [0.15, 0.2) is 97.2 Å². The van der Waals surface area contributed by atoms with Crippen molar-refractivity contribution in [3.63, 3.8) is 0 Å². The number of aliphatic hydroxyl groups excluding tert-OH is 2. The zero-order valence-corrected chi connectivity index (χ0v) is 53.8. The van der Waals surface area contributed by atoms with Gasteiger partial charge in [-0.3, -0.25) is 14.4 Å². The molecule has 1 heterocycles. The monoisotopic (exact) mass is 1190 g/mol. The van der Waals surface area contributed by atoms with Crippen molar-refractivity contribution in [1.82, 2.24) is 0 Å². The Morgan fingerprint density at radius 2 is 0.741 bits per heavy atom. The van der Waals surface area contributed by atoms with Gasteiger partial charge in [0, 0.05) is 19.3 Å². The molecule has 1 saturated heterocycles. The van der Waals surface area contributed by atoms with Crippen LogP contribution in [0.1, 0.15) is 290 Å². The lowest BCUT2D eigenvalue weighted by Gasteiger charge is -2.40. The van der Waals surface area contributed by atoms with E-state index in [-0.39, 0.29) is 25.9 Å². The molecule has 85 heavy (non-hydrogen) atoms. The first kappa shape index (κ1) is 78.7. The number of carboxylic acids is 1. The zero-order valence-electron chi connectivity index (χ0n) is 53.8. The van der Waals surface area contributed by atoms with Crippen LogP contribution in [0.2, 0.25) is 0 Å². The van der Waals surface area contributed by atoms with Gasteiger partial charge in [0.25, 0.3) is 0 Å². The molecule has 0 amide bonds. The summed E-state index contributed by atoms with van der Waals surface area (Å²) in [5.41, 5.74) is 0. The highest BCUT2D eigenvalue weighted by molar-refractivity contribution is 5.74. The molecular weight excluding hydrogens is 1070 g/mol. The standard InChI is InChI=1S/C73H122O12/c1-4-7-10-13-16-19-22-25-28-31-33-36-38-41-44-47-50-53-56-59-65(74)81-62-64(83-66(75)60-57-54-51-48-45-42-39-35-30-27-24-21-18-15-12-9-6-3)63-82-73-71(69(78)68(77)70(85-73)72(79)80)84-67(76)61-58-55-52-49-46-43-40-37-34-32-29-26-23-20-17-14-11-8-5-2/h8-9,11-12,17-18,20-21,25-30,34,37,64,68-71,73,77-78H,4-7,10,13-16,19,22-24,31-33,35-36,38-63H2,1-3H3,(H,79,80)/b11-8-,12-9-,20-17-,21-18-,28-25-,29-26-,30-27-,37-34-. The quantitative estimate of drug-likeness (QED) is 0.0228. The van der Waals surface area contributed by atoms with Gasteiger partial charge in [-0.15, -0.1) is 0 Å². The van der Waals surface area contributed by atoms with E-state index in [1.807, 2.05) is 0 Å². The Morgan fingerprint density at radius 1 is 0.400 bits per heavy atom. The average Bonchev–Trinajstić information content (AvgIpc) is 2.79. The summed E-state index contributed by atoms with van der Waals surface area (Å²) >= 11 is 0. The van der Waals surface area contributed by atoms with Gasteiger partial charge in [0.15, 0.2) is 24.6 Å². The van der Waals surface area contributed by atoms with Crippen LogP contribution >= 0.6 is 0 Å². The van der Waals surface area contributed by atoms with Gasteiger partial charge < -0.3 is 39.0 Å². The first-order valence-electron chi connectivity index (χ1n) is 34.2. The van der Waals surface area contributed by atoms with Crippen molar-refractivity contribution >= 4 is 23.9 Å². The van der Waals surface area contributed by atoms with Gasteiger partial charge >= 0.3 is 23.9 Å². The lowest BCUT2D eigenvalue weighted by atomic mass is 9.98. The summed E-state index contributed by atoms with van der Waals surface area (Å²) in [7, 11) is 0. The average molecular weight is 1190 g/mol. The number of rotatable bonds is 58. The van der Waals surface area contributed by atoms with E-state index in [4.69, 9.17) is 23.7 Å². The molecule has 12 nitrogen and oxygen atoms in total. The number of carbonyl (C=O) groups is 4. The third-order valence-electron chi connectivity index (χ3n) is 15.1. The van der Waals surface area contributed by atoms with Crippen molar-refractivity contribution in [3.8, 4) is 0 Å². The minimum atomic E-state index is -1.92. The normalized spacial score (nSPS) is 18.1. The fourth-order valence-corrected chi connectivity index (χ4v) is 9.96. The Labute approximate surface area is 517 Å². The second kappa shape index (κ2) is 59.9. The van der Waals surface area contributed by atoms with Crippen LogP contribution in [0.3, 0.4) is 0 Å². The number of esters is 3. The molecule has 6 unspecified atom stereocenters. The molecule has 6 atom stereocenters. The summed E-state index contributed by atoms with van der Waals surface area (Å²) in [5.74, 6) is -3.14. The number of unbranched alkanes of at least 4 members (excludes halogenated alkanes) is 28. The molecule has 1 fully saturated rings. The van der Waals surface area contributed by atoms with Crippen LogP contribution < -0.4 is 0 Å². The first-order chi connectivity index (χ1) is 41.6. The van der Waals surface area contributed by atoms with Gasteiger partial charge in [0.2, 0.25) is 0 Å². The molecule has 3 N–H and O–H groups in total. The summed E-state index contributed by atoms with van der Waals surface area (Å²) in [6.07, 6.45) is 67.8. The van der Waals surface area contributed by atoms with E-state index in [0.717, 1.165) is 148 Å². The Hall–Kier alpha value is -4.36. The van der Waals surface area contributed by atoms with Crippen LogP contribution in [-0.4, -0.2) is 89.2 Å². The SMILES string of the molecule is CC/C=C\C/C=C\C/C=C\C/C=C\CCCCCCCCC(=O)OC1C(OCC(COC(=O)CCCCCCCCCCC/C=C\CCCCCCCC)OC(=O)CCCCCCCCC/C=C\C/C=C\C/C=C\CC)OC(C(=O)O)C(O)C1O. The van der Waals surface area contributed by atoms with Gasteiger partial charge in [0.1, 0.15) is 18.8 Å². The molecule has 12 heteroatoms. The summed E-state index contributed by atoms with van der Waals surface area (Å²) in [5, 5.41) is 31.7. The lowest BCUT2D eigenvalue weighted by molar-refractivity contribution is -0.301. The Kier molecular flexibility index (Phi) is 55.5. The number of allylic oxidation sites excluding steroid dienone is 16. The Morgan fingerprint density at radius 3 is 1.14 bits per heavy atom. The molecule has 0 aromatic heterocycles. The van der Waals surface area contributed by atoms with Crippen molar-refractivity contribution < 1.29 is 58.2 Å². The highest BCUT2D eigenvalue weighted by Crippen LogP contribution is 2.27. The number of aliphatic hydroxyl groups is 2. The van der Waals surface area contributed by atoms with Crippen molar-refractivity contribution in [1.29, 1.82) is 0 Å². The fourth-order valence-electron chi connectivity index (χ4n) is 9.96. The smallest absolute Gasteiger partial charge is 0.335 e. The second-order valence-electron chi connectivity index (χ2n) is 23.0. The maximum Gasteiger partial charge on any atom is 0.335 e. The number of ether oxygens (including phenoxy) is 5. The second-order valence-corrected chi connectivity index (χ2v) is 23.0. The molecule has 1 rings (SSSR count). The molecule has 0 saturated carbocycles. The van der Waals surface area contributed by atoms with Crippen molar-refractivity contribution in [2.45, 2.75) is 327 Å². The van der Waals surface area contributed by atoms with Crippen molar-refractivity contribution in [2.24, 2.45) is 0 Å². The molecule has 0 aliphatic carbocycles. The first-order valence-corrected chi connectivity index (χ1v) is 34.2. The topological polar surface area (TPSA) is 175 Å². The van der Waals surface area contributed by atoms with Crippen LogP contribution in [-0.2, 0) is 42.9 Å². The maximum atomic E-state index is 13.2. The zero-order chi connectivity index (χ0) is 61.7. The summed E-state index contributed by atoms with van der Waals surface area (Å²) < 4.78 is 28.6. The van der Waals surface area contributed by atoms with E-state index in [1.54, 1.807) is 0 Å². The fraction of sp³-hybridized carbons (Fsp3) is 0.726. The van der Waals surface area contributed by atoms with Crippen LogP contribution in [0.5, 0.6) is 0 Å². The highest BCUT2D eigenvalue weighted by Gasteiger charge is 2.50. The minimum absolute atomic E-state index is 0.0396. The van der Waals surface area contributed by atoms with Crippen LogP contribution in [0.4, 0.5) is 0 Å². The maximum absolute atomic E-state index is 13.2. The molecule has 1 aliphatic rings. The number of carboxylic acid groups (broad SMARTS) is 1. The molecule has 0 radical (unpaired) electrons. The number of aliphatic carboxylic acids is 1. The van der Waals surface area contributed by atoms with Gasteiger partial charge in [-0.05, 0) is 116 Å². The van der Waals surface area contributed by atoms with Gasteiger partial charge in [-0.1, -0.05) is 253 Å². The summed E-state index contributed by atoms with van der Waals surface area (Å²) in [6.45, 7) is 5.79. The van der Waals surface area contributed by atoms with E-state index in [1.165, 1.54) is 83.5 Å². The van der Waals surface area contributed by atoms with Gasteiger partial charge in [-0.25, -0.2) is 4.79 Å². The molecule has 1 aliphatic heterocycles. The van der Waals surface area contributed by atoms with Crippen molar-refractivity contribution in [2.75, 3.05) is 13.2 Å². The third-order valence-corrected chi connectivity index (χ3v) is 15.1. The molecule has 0 aromatic carbocycles. The molecular formula is C73H122O12. The summed E-state index contributed by atoms with van der Waals surface area (Å²) in [4.78, 5) is 51.5. The predicted octanol–water partition coefficient (Wildman–Crippen LogP) is 18.8. The van der Waals surface area contributed by atoms with E-state index < -0.39 is 67.3 Å². The largest absolute Gasteiger partial charge is 0.479 e. The molecule has 486 valence electrons. The third kappa shape index (κ3) is 49.3. The summed E-state index contributed by atoms with van der Waals surface area (Å²) in [6, 6.07) is 0. The Balaban J connectivity index is 2.65.